The van der Waals surface area contributed by atoms with Gasteiger partial charge in [-0.05, 0) is 36.5 Å². The van der Waals surface area contributed by atoms with Crippen LogP contribution in [0, 0.1) is 0 Å². The molecule has 0 spiro atoms. The third kappa shape index (κ3) is 4.28. The summed E-state index contributed by atoms with van der Waals surface area (Å²) in [5.74, 6) is -2.69. The minimum Gasteiger partial charge on any atom is -0.332 e. The lowest BCUT2D eigenvalue weighted by atomic mass is 10.0. The first-order chi connectivity index (χ1) is 14.0. The van der Waals surface area contributed by atoms with E-state index in [1.54, 1.807) is 10.6 Å². The summed E-state index contributed by atoms with van der Waals surface area (Å²) < 4.78 is 27.7. The number of halogens is 2. The van der Waals surface area contributed by atoms with Crippen LogP contribution in [0.3, 0.4) is 0 Å². The number of carbonyl (C=O) groups excluding carboxylic acids is 1. The van der Waals surface area contributed by atoms with E-state index in [4.69, 9.17) is 0 Å². The number of aromatic nitrogens is 2. The van der Waals surface area contributed by atoms with Gasteiger partial charge in [0.2, 0.25) is 5.91 Å². The van der Waals surface area contributed by atoms with E-state index in [1.807, 2.05) is 60.5 Å². The molecule has 152 valence electrons. The number of benzene rings is 2. The zero-order valence-electron chi connectivity index (χ0n) is 16.0. The molecule has 1 atom stereocenters. The number of carbonyl (C=O) groups is 1. The summed E-state index contributed by atoms with van der Waals surface area (Å²) in [7, 11) is 2.04. The van der Waals surface area contributed by atoms with Crippen molar-refractivity contribution < 1.29 is 13.6 Å². The Morgan fingerprint density at radius 3 is 2.62 bits per heavy atom. The predicted octanol–water partition coefficient (Wildman–Crippen LogP) is 3.87. The number of para-hydroxylation sites is 2. The molecule has 5 nitrogen and oxygen atoms in total. The minimum atomic E-state index is -2.60. The molecule has 1 aliphatic rings. The number of thioether (sulfide) groups is 1. The highest BCUT2D eigenvalue weighted by molar-refractivity contribution is 7.99. The number of amides is 1. The van der Waals surface area contributed by atoms with E-state index in [1.165, 1.54) is 0 Å². The van der Waals surface area contributed by atoms with Crippen molar-refractivity contribution in [1.82, 2.24) is 19.4 Å². The largest absolute Gasteiger partial charge is 0.332 e. The molecular weight excluding hydrogens is 394 g/mol. The molecule has 1 aliphatic heterocycles. The summed E-state index contributed by atoms with van der Waals surface area (Å²) in [5.41, 5.74) is 2.38. The van der Waals surface area contributed by atoms with Gasteiger partial charge in [-0.25, -0.2) is 4.98 Å². The highest BCUT2D eigenvalue weighted by Gasteiger charge is 2.31. The molecule has 0 radical (unpaired) electrons. The number of piperazine rings is 1. The van der Waals surface area contributed by atoms with Crippen LogP contribution in [0.15, 0.2) is 59.8 Å². The lowest BCUT2D eigenvalue weighted by molar-refractivity contribution is -0.136. The molecule has 3 aromatic rings. The van der Waals surface area contributed by atoms with E-state index >= 15 is 0 Å². The Balaban J connectivity index is 1.64. The molecule has 1 aromatic heterocycles. The number of hydrogen-bond acceptors (Lipinski definition) is 4. The monoisotopic (exact) mass is 416 g/mol. The van der Waals surface area contributed by atoms with Crippen molar-refractivity contribution >= 4 is 28.7 Å². The Morgan fingerprint density at radius 2 is 1.86 bits per heavy atom. The summed E-state index contributed by atoms with van der Waals surface area (Å²) in [5, 5.41) is 0.167. The first-order valence-electron chi connectivity index (χ1n) is 9.46. The van der Waals surface area contributed by atoms with Crippen molar-refractivity contribution in [3.05, 3.63) is 60.2 Å². The van der Waals surface area contributed by atoms with Gasteiger partial charge in [0.05, 0.1) is 17.1 Å². The number of hydrogen-bond donors (Lipinski definition) is 0. The lowest BCUT2D eigenvalue weighted by Gasteiger charge is -2.40. The fraction of sp³-hybridized carbons (Fsp3) is 0.333. The average Bonchev–Trinajstić information content (AvgIpc) is 3.05. The molecule has 1 amide bonds. The van der Waals surface area contributed by atoms with Crippen LogP contribution in [0.1, 0.15) is 11.6 Å². The Kier molecular flexibility index (Phi) is 5.82. The number of nitrogens with zero attached hydrogens (tertiary/aromatic N) is 4. The van der Waals surface area contributed by atoms with Crippen molar-refractivity contribution in [3.8, 4) is 0 Å². The van der Waals surface area contributed by atoms with E-state index in [2.05, 4.69) is 9.88 Å². The topological polar surface area (TPSA) is 41.4 Å². The summed E-state index contributed by atoms with van der Waals surface area (Å²) in [4.78, 5) is 21.7. The second kappa shape index (κ2) is 8.51. The fourth-order valence-electron chi connectivity index (χ4n) is 3.78. The summed E-state index contributed by atoms with van der Waals surface area (Å²) >= 11 is 0.377. The van der Waals surface area contributed by atoms with E-state index in [0.717, 1.165) is 18.7 Å². The van der Waals surface area contributed by atoms with Crippen LogP contribution in [0.2, 0.25) is 0 Å². The number of fused-ring (bicyclic) bond motifs is 1. The van der Waals surface area contributed by atoms with Crippen molar-refractivity contribution in [2.75, 3.05) is 26.7 Å². The highest BCUT2D eigenvalue weighted by Crippen LogP contribution is 2.30. The van der Waals surface area contributed by atoms with E-state index in [-0.39, 0.29) is 23.7 Å². The van der Waals surface area contributed by atoms with Gasteiger partial charge in [-0.15, -0.1) is 0 Å². The molecule has 2 aromatic carbocycles. The first kappa shape index (κ1) is 19.8. The summed E-state index contributed by atoms with van der Waals surface area (Å²) in [6.45, 7) is 2.10. The number of imidazole rings is 1. The number of rotatable bonds is 5. The standard InChI is InChI=1S/C21H22F2N4OS/c1-25-11-12-26(18(13-25)15-7-3-2-4-8-15)19(28)14-27-17-10-6-5-9-16(17)24-21(27)29-20(22)23/h2-10,18,20H,11-14H2,1H3. The maximum Gasteiger partial charge on any atom is 0.291 e. The van der Waals surface area contributed by atoms with Crippen LogP contribution in [-0.4, -0.2) is 57.7 Å². The first-order valence-corrected chi connectivity index (χ1v) is 10.3. The third-order valence-electron chi connectivity index (χ3n) is 5.20. The Labute approximate surface area is 172 Å². The fourth-order valence-corrected chi connectivity index (χ4v) is 4.38. The van der Waals surface area contributed by atoms with Crippen molar-refractivity contribution in [1.29, 1.82) is 0 Å². The van der Waals surface area contributed by atoms with E-state index in [0.29, 0.717) is 29.3 Å². The summed E-state index contributed by atoms with van der Waals surface area (Å²) in [6.07, 6.45) is 0. The highest BCUT2D eigenvalue weighted by atomic mass is 32.2. The van der Waals surface area contributed by atoms with Crippen LogP contribution < -0.4 is 0 Å². The molecule has 0 N–H and O–H groups in total. The molecule has 4 rings (SSSR count). The van der Waals surface area contributed by atoms with Crippen LogP contribution in [-0.2, 0) is 11.3 Å². The lowest BCUT2D eigenvalue weighted by Crippen LogP contribution is -2.50. The second-order valence-electron chi connectivity index (χ2n) is 7.12. The quantitative estimate of drug-likeness (QED) is 0.592. The van der Waals surface area contributed by atoms with E-state index in [9.17, 15) is 13.6 Å². The zero-order chi connectivity index (χ0) is 20.4. The van der Waals surface area contributed by atoms with Crippen LogP contribution in [0.25, 0.3) is 11.0 Å². The molecule has 1 fully saturated rings. The van der Waals surface area contributed by atoms with E-state index < -0.39 is 5.76 Å². The van der Waals surface area contributed by atoms with Gasteiger partial charge >= 0.3 is 0 Å². The van der Waals surface area contributed by atoms with Crippen LogP contribution in [0.4, 0.5) is 8.78 Å². The molecule has 0 saturated carbocycles. The Hall–Kier alpha value is -2.45. The van der Waals surface area contributed by atoms with Gasteiger partial charge in [0, 0.05) is 19.6 Å². The third-order valence-corrected chi connectivity index (χ3v) is 5.90. The van der Waals surface area contributed by atoms with Crippen LogP contribution >= 0.6 is 11.8 Å². The molecule has 8 heteroatoms. The number of alkyl halides is 2. The van der Waals surface area contributed by atoms with Gasteiger partial charge in [0.25, 0.3) is 5.76 Å². The molecule has 2 heterocycles. The van der Waals surface area contributed by atoms with Gasteiger partial charge in [-0.2, -0.15) is 8.78 Å². The molecule has 29 heavy (non-hydrogen) atoms. The molecular formula is C21H22F2N4OS. The predicted molar refractivity (Wildman–Crippen MR) is 110 cm³/mol. The van der Waals surface area contributed by atoms with Gasteiger partial charge in [-0.1, -0.05) is 42.5 Å². The zero-order valence-corrected chi connectivity index (χ0v) is 16.9. The van der Waals surface area contributed by atoms with Crippen LogP contribution in [0.5, 0.6) is 0 Å². The normalized spacial score (nSPS) is 17.9. The minimum absolute atomic E-state index is 0.0113. The average molecular weight is 416 g/mol. The molecule has 0 aliphatic carbocycles. The number of likely N-dealkylation sites (N-methyl/N-ethyl adjacent to an activating group) is 1. The molecule has 1 saturated heterocycles. The molecule has 0 bridgehead atoms. The molecule has 1 unspecified atom stereocenters. The van der Waals surface area contributed by atoms with Gasteiger partial charge in [0.1, 0.15) is 6.54 Å². The second-order valence-corrected chi connectivity index (χ2v) is 8.08. The van der Waals surface area contributed by atoms with Gasteiger partial charge < -0.3 is 14.4 Å². The SMILES string of the molecule is CN1CCN(C(=O)Cn2c(SC(F)F)nc3ccccc32)C(c2ccccc2)C1. The van der Waals surface area contributed by atoms with Gasteiger partial charge in [-0.3, -0.25) is 4.79 Å². The van der Waals surface area contributed by atoms with Crippen molar-refractivity contribution in [3.63, 3.8) is 0 Å². The Bertz CT molecular complexity index is 995. The maximum absolute atomic E-state index is 13.3. The van der Waals surface area contributed by atoms with Gasteiger partial charge in [0.15, 0.2) is 5.16 Å². The summed E-state index contributed by atoms with van der Waals surface area (Å²) in [6, 6.07) is 17.1. The maximum atomic E-state index is 13.3. The van der Waals surface area contributed by atoms with Crippen molar-refractivity contribution in [2.45, 2.75) is 23.5 Å². The Morgan fingerprint density at radius 1 is 1.14 bits per heavy atom. The smallest absolute Gasteiger partial charge is 0.291 e. The van der Waals surface area contributed by atoms with Crippen molar-refractivity contribution in [2.24, 2.45) is 0 Å².